The van der Waals surface area contributed by atoms with Crippen LogP contribution in [0.5, 0.6) is 0 Å². The summed E-state index contributed by atoms with van der Waals surface area (Å²) >= 11 is 0. The number of fused-ring (bicyclic) bond motifs is 3. The van der Waals surface area contributed by atoms with E-state index in [-0.39, 0.29) is 5.78 Å². The minimum Gasteiger partial charge on any atom is -0.363 e. The Morgan fingerprint density at radius 2 is 1.33 bits per heavy atom. The highest BCUT2D eigenvalue weighted by molar-refractivity contribution is 6.11. The Kier molecular flexibility index (Phi) is 6.29. The van der Waals surface area contributed by atoms with Gasteiger partial charge in [0.1, 0.15) is 0 Å². The first-order valence-electron chi connectivity index (χ1n) is 15.2. The van der Waals surface area contributed by atoms with E-state index in [9.17, 15) is 0 Å². The molecule has 2 aliphatic rings. The molecule has 1 spiro atoms. The summed E-state index contributed by atoms with van der Waals surface area (Å²) in [5, 5.41) is 2.47. The number of hydrogen-bond donors (Lipinski definition) is 0. The predicted octanol–water partition coefficient (Wildman–Crippen LogP) is 9.60. The lowest BCUT2D eigenvalue weighted by Gasteiger charge is -2.52. The molecule has 212 valence electrons. The Morgan fingerprint density at radius 1 is 0.698 bits per heavy atom. The summed E-state index contributed by atoms with van der Waals surface area (Å²) in [7, 11) is 2.19. The van der Waals surface area contributed by atoms with Crippen molar-refractivity contribution < 1.29 is 4.79 Å². The fraction of sp³-hybridized carbons (Fsp3) is 0.195. The van der Waals surface area contributed by atoms with Crippen molar-refractivity contribution in [1.82, 2.24) is 0 Å². The molecule has 2 nitrogen and oxygen atoms in total. The van der Waals surface area contributed by atoms with Crippen LogP contribution in [0, 0.1) is 19.8 Å². The van der Waals surface area contributed by atoms with E-state index in [1.165, 1.54) is 27.6 Å². The van der Waals surface area contributed by atoms with Gasteiger partial charge in [-0.25, -0.2) is 0 Å². The van der Waals surface area contributed by atoms with Crippen LogP contribution in [0.4, 0.5) is 5.69 Å². The third-order valence-corrected chi connectivity index (χ3v) is 9.98. The Labute approximate surface area is 255 Å². The van der Waals surface area contributed by atoms with Crippen LogP contribution in [0.15, 0.2) is 127 Å². The Bertz CT molecular complexity index is 1930. The molecule has 5 aromatic carbocycles. The van der Waals surface area contributed by atoms with Gasteiger partial charge in [0.25, 0.3) is 0 Å². The molecule has 1 aliphatic carbocycles. The first kappa shape index (κ1) is 27.2. The first-order valence-corrected chi connectivity index (χ1v) is 15.2. The molecule has 0 radical (unpaired) electrons. The van der Waals surface area contributed by atoms with Crippen molar-refractivity contribution in [1.29, 1.82) is 0 Å². The van der Waals surface area contributed by atoms with E-state index in [1.807, 2.05) is 30.3 Å². The summed E-state index contributed by atoms with van der Waals surface area (Å²) in [5.41, 5.74) is 8.93. The van der Waals surface area contributed by atoms with E-state index in [0.29, 0.717) is 0 Å². The van der Waals surface area contributed by atoms with E-state index >= 15 is 4.79 Å². The van der Waals surface area contributed by atoms with Gasteiger partial charge < -0.3 is 4.90 Å². The zero-order valence-corrected chi connectivity index (χ0v) is 25.6. The minimum atomic E-state index is -0.679. The third kappa shape index (κ3) is 4.04. The standard InChI is InChI=1S/C41H37NO/c1-27-15-19-29(20-16-27)33-25-35(30-11-7-6-8-12-30)38(39(43)32-21-17-28(2)18-22-32)41(26-33)40(3,4)37-34-14-10-9-13-31(34)23-24-36(37)42(41)5/h6-26,38H,1-5H3/t38-,41-/m0/s1. The number of hydrogen-bond acceptors (Lipinski definition) is 2. The van der Waals surface area contributed by atoms with Gasteiger partial charge in [-0.05, 0) is 70.7 Å². The summed E-state index contributed by atoms with van der Waals surface area (Å²) in [6.45, 7) is 8.87. The van der Waals surface area contributed by atoms with Gasteiger partial charge in [-0.15, -0.1) is 0 Å². The highest BCUT2D eigenvalue weighted by Gasteiger charge is 2.62. The van der Waals surface area contributed by atoms with Crippen LogP contribution in [0.3, 0.4) is 0 Å². The summed E-state index contributed by atoms with van der Waals surface area (Å²) in [6, 6.07) is 40.5. The number of carbonyl (C=O) groups excluding carboxylic acids is 1. The molecule has 0 amide bonds. The second-order valence-electron chi connectivity index (χ2n) is 12.8. The lowest BCUT2D eigenvalue weighted by molar-refractivity contribution is 0.0886. The molecule has 0 aromatic heterocycles. The number of rotatable bonds is 4. The van der Waals surface area contributed by atoms with Gasteiger partial charge in [0.2, 0.25) is 0 Å². The number of aryl methyl sites for hydroxylation is 2. The monoisotopic (exact) mass is 559 g/mol. The molecule has 0 bridgehead atoms. The minimum absolute atomic E-state index is 0.145. The second kappa shape index (κ2) is 9.95. The second-order valence-corrected chi connectivity index (χ2v) is 12.8. The van der Waals surface area contributed by atoms with Crippen LogP contribution in [0.2, 0.25) is 0 Å². The van der Waals surface area contributed by atoms with Gasteiger partial charge in [-0.2, -0.15) is 0 Å². The molecule has 2 heteroatoms. The number of nitrogens with zero attached hydrogens (tertiary/aromatic N) is 1. The normalized spacial score (nSPS) is 20.6. The predicted molar refractivity (Wildman–Crippen MR) is 181 cm³/mol. The summed E-state index contributed by atoms with van der Waals surface area (Å²) in [6.07, 6.45) is 4.68. The molecule has 0 fully saturated rings. The van der Waals surface area contributed by atoms with Gasteiger partial charge in [-0.3, -0.25) is 4.79 Å². The van der Waals surface area contributed by atoms with E-state index in [1.54, 1.807) is 0 Å². The SMILES string of the molecule is Cc1ccc(C(=O)[C@@H]2C(c3ccccc3)=CC(c3ccc(C)cc3)=C[C@]23N(C)c2ccc4ccccc4c2C3(C)C)cc1. The molecule has 1 aliphatic heterocycles. The van der Waals surface area contributed by atoms with Gasteiger partial charge in [0.15, 0.2) is 5.78 Å². The van der Waals surface area contributed by atoms with Crippen LogP contribution in [-0.4, -0.2) is 18.4 Å². The van der Waals surface area contributed by atoms with Crippen LogP contribution < -0.4 is 4.90 Å². The van der Waals surface area contributed by atoms with Crippen molar-refractivity contribution in [3.8, 4) is 0 Å². The first-order chi connectivity index (χ1) is 20.7. The van der Waals surface area contributed by atoms with E-state index in [2.05, 4.69) is 137 Å². The average molecular weight is 560 g/mol. The van der Waals surface area contributed by atoms with Crippen molar-refractivity contribution in [2.45, 2.75) is 38.6 Å². The molecule has 0 saturated carbocycles. The van der Waals surface area contributed by atoms with Crippen LogP contribution in [-0.2, 0) is 5.41 Å². The van der Waals surface area contributed by atoms with Crippen molar-refractivity contribution in [2.24, 2.45) is 5.92 Å². The van der Waals surface area contributed by atoms with Crippen LogP contribution in [0.25, 0.3) is 21.9 Å². The smallest absolute Gasteiger partial charge is 0.173 e. The molecular formula is C41H37NO. The number of ketones is 1. The molecule has 43 heavy (non-hydrogen) atoms. The number of anilines is 1. The fourth-order valence-electron chi connectivity index (χ4n) is 7.72. The zero-order valence-electron chi connectivity index (χ0n) is 25.6. The van der Waals surface area contributed by atoms with Gasteiger partial charge in [0.05, 0.1) is 11.5 Å². The quantitative estimate of drug-likeness (QED) is 0.204. The Hall–Kier alpha value is -4.69. The molecule has 2 atom stereocenters. The maximum Gasteiger partial charge on any atom is 0.173 e. The molecule has 1 heterocycles. The maximum absolute atomic E-state index is 15.1. The zero-order chi connectivity index (χ0) is 29.9. The summed E-state index contributed by atoms with van der Waals surface area (Å²) in [5.74, 6) is -0.302. The number of allylic oxidation sites excluding steroid dienone is 2. The summed E-state index contributed by atoms with van der Waals surface area (Å²) < 4.78 is 0. The number of Topliss-reactive ketones (excluding diaryl/α,β-unsaturated/α-hetero) is 1. The highest BCUT2D eigenvalue weighted by Crippen LogP contribution is 2.61. The number of benzene rings is 5. The molecule has 0 saturated heterocycles. The van der Waals surface area contributed by atoms with Crippen LogP contribution >= 0.6 is 0 Å². The molecule has 7 rings (SSSR count). The van der Waals surface area contributed by atoms with Crippen molar-refractivity contribution in [3.63, 3.8) is 0 Å². The third-order valence-electron chi connectivity index (χ3n) is 9.98. The average Bonchev–Trinajstić information content (AvgIpc) is 3.19. The summed E-state index contributed by atoms with van der Waals surface area (Å²) in [4.78, 5) is 17.5. The number of carbonyl (C=O) groups is 1. The van der Waals surface area contributed by atoms with E-state index in [4.69, 9.17) is 0 Å². The molecule has 5 aromatic rings. The molecule has 0 N–H and O–H groups in total. The van der Waals surface area contributed by atoms with Gasteiger partial charge in [-0.1, -0.05) is 134 Å². The van der Waals surface area contributed by atoms with Crippen molar-refractivity contribution >= 4 is 33.4 Å². The topological polar surface area (TPSA) is 20.3 Å². The fourth-order valence-corrected chi connectivity index (χ4v) is 7.72. The van der Waals surface area contributed by atoms with E-state index < -0.39 is 16.9 Å². The molecule has 0 unspecified atom stereocenters. The Balaban J connectivity index is 1.57. The van der Waals surface area contributed by atoms with E-state index in [0.717, 1.165) is 33.4 Å². The lowest BCUT2D eigenvalue weighted by Crippen LogP contribution is -2.61. The lowest BCUT2D eigenvalue weighted by atomic mass is 9.56. The van der Waals surface area contributed by atoms with Crippen molar-refractivity contribution in [3.05, 3.63) is 161 Å². The highest BCUT2D eigenvalue weighted by atomic mass is 16.1. The Morgan fingerprint density at radius 3 is 2.02 bits per heavy atom. The maximum atomic E-state index is 15.1. The van der Waals surface area contributed by atoms with Crippen LogP contribution in [0.1, 0.15) is 52.0 Å². The van der Waals surface area contributed by atoms with Gasteiger partial charge >= 0.3 is 0 Å². The molecular weight excluding hydrogens is 522 g/mol. The van der Waals surface area contributed by atoms with Gasteiger partial charge in [0, 0.05) is 23.7 Å². The largest absolute Gasteiger partial charge is 0.363 e. The van der Waals surface area contributed by atoms with Crippen molar-refractivity contribution in [2.75, 3.05) is 11.9 Å². The number of likely N-dealkylation sites (N-methyl/N-ethyl adjacent to an activating group) is 1.